The average molecular weight is 291 g/mol. The molecule has 110 valence electrons. The number of fused-ring (bicyclic) bond motifs is 1. The lowest BCUT2D eigenvalue weighted by molar-refractivity contribution is -0.148. The monoisotopic (exact) mass is 290 g/mol. The topological polar surface area (TPSA) is 59.6 Å². The fourth-order valence-corrected chi connectivity index (χ4v) is 3.60. The van der Waals surface area contributed by atoms with E-state index in [1.165, 1.54) is 0 Å². The van der Waals surface area contributed by atoms with Gasteiger partial charge in [-0.1, -0.05) is 13.8 Å². The van der Waals surface area contributed by atoms with E-state index in [0.717, 1.165) is 19.6 Å². The molecule has 1 amide bonds. The van der Waals surface area contributed by atoms with Crippen LogP contribution in [0.5, 0.6) is 0 Å². The van der Waals surface area contributed by atoms with E-state index in [-0.39, 0.29) is 35.9 Å². The molecule has 4 unspecified atom stereocenters. The zero-order chi connectivity index (χ0) is 12.8. The molecule has 1 aliphatic carbocycles. The molecule has 3 fully saturated rings. The Balaban J connectivity index is 0.00000133. The van der Waals surface area contributed by atoms with Crippen molar-refractivity contribution in [3.8, 4) is 0 Å². The third-order valence-corrected chi connectivity index (χ3v) is 4.62. The summed E-state index contributed by atoms with van der Waals surface area (Å²) in [6, 6.07) is 0.225. The Morgan fingerprint density at radius 2 is 2.11 bits per heavy atom. The van der Waals surface area contributed by atoms with Gasteiger partial charge in [0.25, 0.3) is 5.91 Å². The van der Waals surface area contributed by atoms with Gasteiger partial charge in [0.1, 0.15) is 6.10 Å². The van der Waals surface area contributed by atoms with Crippen molar-refractivity contribution in [1.82, 2.24) is 10.6 Å². The van der Waals surface area contributed by atoms with E-state index in [9.17, 15) is 4.79 Å². The number of hydrogen-bond donors (Lipinski definition) is 2. The van der Waals surface area contributed by atoms with Gasteiger partial charge in [-0.3, -0.25) is 4.79 Å². The molecular formula is C13H23ClN2O3. The minimum absolute atomic E-state index is 0. The van der Waals surface area contributed by atoms with Crippen molar-refractivity contribution < 1.29 is 14.3 Å². The lowest BCUT2D eigenvalue weighted by atomic mass is 9.57. The Bertz CT molecular complexity index is 345. The van der Waals surface area contributed by atoms with Crippen LogP contribution in [0.15, 0.2) is 0 Å². The van der Waals surface area contributed by atoms with Gasteiger partial charge in [-0.25, -0.2) is 0 Å². The van der Waals surface area contributed by atoms with Gasteiger partial charge in [-0.15, -0.1) is 12.4 Å². The van der Waals surface area contributed by atoms with Gasteiger partial charge < -0.3 is 20.1 Å². The van der Waals surface area contributed by atoms with Crippen LogP contribution in [0.25, 0.3) is 0 Å². The SMILES string of the molecule is CC1(C)C(NC(=O)C2CNCCO2)C2CCOC21.Cl. The molecular weight excluding hydrogens is 268 g/mol. The van der Waals surface area contributed by atoms with Crippen LogP contribution in [0, 0.1) is 11.3 Å². The molecule has 2 heterocycles. The first kappa shape index (κ1) is 15.0. The van der Waals surface area contributed by atoms with E-state index in [0.29, 0.717) is 25.2 Å². The second-order valence-corrected chi connectivity index (χ2v) is 6.12. The van der Waals surface area contributed by atoms with E-state index < -0.39 is 0 Å². The second kappa shape index (κ2) is 5.56. The molecule has 2 aliphatic heterocycles. The van der Waals surface area contributed by atoms with Crippen LogP contribution in [-0.4, -0.2) is 50.5 Å². The maximum absolute atomic E-state index is 12.2. The van der Waals surface area contributed by atoms with E-state index in [4.69, 9.17) is 9.47 Å². The number of amides is 1. The Morgan fingerprint density at radius 3 is 2.79 bits per heavy atom. The Kier molecular flexibility index (Phi) is 4.40. The smallest absolute Gasteiger partial charge is 0.250 e. The summed E-state index contributed by atoms with van der Waals surface area (Å²) in [7, 11) is 0. The predicted octanol–water partition coefficient (Wildman–Crippen LogP) is 0.326. The van der Waals surface area contributed by atoms with Crippen LogP contribution < -0.4 is 10.6 Å². The highest BCUT2D eigenvalue weighted by Crippen LogP contribution is 2.52. The third kappa shape index (κ3) is 2.49. The summed E-state index contributed by atoms with van der Waals surface area (Å²) < 4.78 is 11.2. The molecule has 2 N–H and O–H groups in total. The Morgan fingerprint density at radius 1 is 1.32 bits per heavy atom. The lowest BCUT2D eigenvalue weighted by Crippen LogP contribution is -2.68. The molecule has 0 bridgehead atoms. The predicted molar refractivity (Wildman–Crippen MR) is 73.4 cm³/mol. The van der Waals surface area contributed by atoms with E-state index in [1.807, 2.05) is 0 Å². The van der Waals surface area contributed by atoms with Crippen molar-refractivity contribution in [2.75, 3.05) is 26.3 Å². The number of carbonyl (C=O) groups is 1. The fourth-order valence-electron chi connectivity index (χ4n) is 3.60. The summed E-state index contributed by atoms with van der Waals surface area (Å²) >= 11 is 0. The van der Waals surface area contributed by atoms with Crippen molar-refractivity contribution in [2.24, 2.45) is 11.3 Å². The Labute approximate surface area is 120 Å². The van der Waals surface area contributed by atoms with Gasteiger partial charge in [0.2, 0.25) is 0 Å². The molecule has 0 aromatic heterocycles. The van der Waals surface area contributed by atoms with Crippen molar-refractivity contribution in [3.05, 3.63) is 0 Å². The van der Waals surface area contributed by atoms with Crippen LogP contribution in [0.1, 0.15) is 20.3 Å². The van der Waals surface area contributed by atoms with Crippen molar-refractivity contribution in [1.29, 1.82) is 0 Å². The van der Waals surface area contributed by atoms with Crippen LogP contribution in [0.2, 0.25) is 0 Å². The summed E-state index contributed by atoms with van der Waals surface area (Å²) in [4.78, 5) is 12.2. The van der Waals surface area contributed by atoms with Crippen LogP contribution >= 0.6 is 12.4 Å². The van der Waals surface area contributed by atoms with Gasteiger partial charge >= 0.3 is 0 Å². The highest BCUT2D eigenvalue weighted by atomic mass is 35.5. The summed E-state index contributed by atoms with van der Waals surface area (Å²) in [5.74, 6) is 0.506. The van der Waals surface area contributed by atoms with Gasteiger partial charge in [-0.2, -0.15) is 0 Å². The molecule has 0 aromatic carbocycles. The third-order valence-electron chi connectivity index (χ3n) is 4.62. The molecule has 0 aromatic rings. The van der Waals surface area contributed by atoms with Crippen LogP contribution in [0.3, 0.4) is 0 Å². The number of nitrogens with one attached hydrogen (secondary N) is 2. The fraction of sp³-hybridized carbons (Fsp3) is 0.923. The summed E-state index contributed by atoms with van der Waals surface area (Å²) in [6.45, 7) is 7.23. The minimum atomic E-state index is -0.337. The first-order valence-electron chi connectivity index (χ1n) is 6.85. The van der Waals surface area contributed by atoms with Gasteiger partial charge in [0.15, 0.2) is 0 Å². The zero-order valence-electron chi connectivity index (χ0n) is 11.5. The highest BCUT2D eigenvalue weighted by Gasteiger charge is 2.60. The minimum Gasteiger partial charge on any atom is -0.377 e. The number of halogens is 1. The van der Waals surface area contributed by atoms with Crippen molar-refractivity contribution in [3.63, 3.8) is 0 Å². The lowest BCUT2D eigenvalue weighted by Gasteiger charge is -2.54. The highest BCUT2D eigenvalue weighted by molar-refractivity contribution is 5.85. The molecule has 3 aliphatic rings. The largest absolute Gasteiger partial charge is 0.377 e. The molecule has 0 radical (unpaired) electrons. The van der Waals surface area contributed by atoms with Crippen molar-refractivity contribution in [2.45, 2.75) is 38.5 Å². The summed E-state index contributed by atoms with van der Waals surface area (Å²) in [5, 5.41) is 6.35. The van der Waals surface area contributed by atoms with Crippen molar-refractivity contribution >= 4 is 18.3 Å². The molecule has 1 saturated carbocycles. The first-order chi connectivity index (χ1) is 8.60. The van der Waals surface area contributed by atoms with E-state index in [2.05, 4.69) is 24.5 Å². The standard InChI is InChI=1S/C13H22N2O3.ClH/c1-13(2)10(8-3-5-18-11(8)13)15-12(16)9-7-14-4-6-17-9;/h8-11,14H,3-7H2,1-2H3,(H,15,16);1H. The normalized spacial score (nSPS) is 39.7. The van der Waals surface area contributed by atoms with Gasteiger partial charge in [-0.05, 0) is 6.42 Å². The first-order valence-corrected chi connectivity index (χ1v) is 6.85. The molecule has 6 heteroatoms. The number of carbonyl (C=O) groups excluding carboxylic acids is 1. The average Bonchev–Trinajstić information content (AvgIpc) is 2.83. The van der Waals surface area contributed by atoms with E-state index in [1.54, 1.807) is 0 Å². The molecule has 0 spiro atoms. The quantitative estimate of drug-likeness (QED) is 0.769. The molecule has 2 saturated heterocycles. The molecule has 5 nitrogen and oxygen atoms in total. The number of hydrogen-bond acceptors (Lipinski definition) is 4. The summed E-state index contributed by atoms with van der Waals surface area (Å²) in [6.07, 6.45) is 1.03. The Hall–Kier alpha value is -0.360. The molecule has 4 atom stereocenters. The van der Waals surface area contributed by atoms with Crippen LogP contribution in [-0.2, 0) is 14.3 Å². The number of ether oxygens (including phenoxy) is 2. The number of morpholine rings is 1. The van der Waals surface area contributed by atoms with Gasteiger partial charge in [0.05, 0.1) is 12.7 Å². The molecule has 3 rings (SSSR count). The second-order valence-electron chi connectivity index (χ2n) is 6.12. The van der Waals surface area contributed by atoms with E-state index >= 15 is 0 Å². The van der Waals surface area contributed by atoms with Crippen LogP contribution in [0.4, 0.5) is 0 Å². The maximum Gasteiger partial charge on any atom is 0.250 e. The summed E-state index contributed by atoms with van der Waals surface area (Å²) in [5.41, 5.74) is 0.0406. The van der Waals surface area contributed by atoms with Gasteiger partial charge in [0, 0.05) is 37.1 Å². The maximum atomic E-state index is 12.2. The number of rotatable bonds is 2. The molecule has 19 heavy (non-hydrogen) atoms. The zero-order valence-corrected chi connectivity index (χ0v) is 12.3.